The van der Waals surface area contributed by atoms with Crippen molar-refractivity contribution in [3.05, 3.63) is 44.6 Å². The predicted molar refractivity (Wildman–Crippen MR) is 66.9 cm³/mol. The number of nitrogens with two attached hydrogens (primary N) is 1. The molecule has 0 atom stereocenters. The van der Waals surface area contributed by atoms with Crippen LogP contribution >= 0.6 is 11.3 Å². The molecule has 88 valence electrons. The SMILES string of the molecule is Nc1nc(NCc2cccs2)ccc1[N+](=O)[O-]. The van der Waals surface area contributed by atoms with E-state index in [1.807, 2.05) is 17.5 Å². The first kappa shape index (κ1) is 11.3. The van der Waals surface area contributed by atoms with Crippen LogP contribution in [0.15, 0.2) is 29.6 Å². The Morgan fingerprint density at radius 2 is 2.29 bits per heavy atom. The summed E-state index contributed by atoms with van der Waals surface area (Å²) in [5.41, 5.74) is 5.31. The van der Waals surface area contributed by atoms with Gasteiger partial charge in [0, 0.05) is 10.9 Å². The molecule has 0 unspecified atom stereocenters. The second-order valence-corrected chi connectivity index (χ2v) is 4.32. The molecule has 0 aliphatic heterocycles. The van der Waals surface area contributed by atoms with Gasteiger partial charge in [0.15, 0.2) is 0 Å². The van der Waals surface area contributed by atoms with E-state index in [4.69, 9.17) is 5.73 Å². The molecule has 0 radical (unpaired) electrons. The summed E-state index contributed by atoms with van der Waals surface area (Å²) in [7, 11) is 0. The highest BCUT2D eigenvalue weighted by Crippen LogP contribution is 2.21. The van der Waals surface area contributed by atoms with Crippen molar-refractivity contribution in [3.63, 3.8) is 0 Å². The second-order valence-electron chi connectivity index (χ2n) is 3.29. The van der Waals surface area contributed by atoms with Crippen LogP contribution < -0.4 is 11.1 Å². The van der Waals surface area contributed by atoms with Crippen molar-refractivity contribution in [2.75, 3.05) is 11.1 Å². The number of thiophene rings is 1. The summed E-state index contributed by atoms with van der Waals surface area (Å²) in [4.78, 5) is 15.1. The zero-order valence-electron chi connectivity index (χ0n) is 8.79. The van der Waals surface area contributed by atoms with Gasteiger partial charge in [-0.1, -0.05) is 6.07 Å². The van der Waals surface area contributed by atoms with Gasteiger partial charge in [-0.3, -0.25) is 10.1 Å². The fourth-order valence-electron chi connectivity index (χ4n) is 1.31. The molecule has 2 rings (SSSR count). The summed E-state index contributed by atoms with van der Waals surface area (Å²) < 4.78 is 0. The number of pyridine rings is 1. The Morgan fingerprint density at radius 1 is 1.47 bits per heavy atom. The lowest BCUT2D eigenvalue weighted by Crippen LogP contribution is -2.04. The average molecular weight is 250 g/mol. The normalized spacial score (nSPS) is 10.1. The van der Waals surface area contributed by atoms with Crippen LogP contribution in [0.3, 0.4) is 0 Å². The van der Waals surface area contributed by atoms with E-state index >= 15 is 0 Å². The maximum atomic E-state index is 10.5. The zero-order valence-corrected chi connectivity index (χ0v) is 9.61. The van der Waals surface area contributed by atoms with E-state index in [1.165, 1.54) is 6.07 Å². The standard InChI is InChI=1S/C10H10N4O2S/c11-10-8(14(15)16)3-4-9(13-10)12-6-7-2-1-5-17-7/h1-5H,6H2,(H3,11,12,13). The molecule has 6 nitrogen and oxygen atoms in total. The van der Waals surface area contributed by atoms with Gasteiger partial charge < -0.3 is 11.1 Å². The lowest BCUT2D eigenvalue weighted by Gasteiger charge is -2.04. The average Bonchev–Trinajstić information content (AvgIpc) is 2.78. The lowest BCUT2D eigenvalue weighted by atomic mass is 10.3. The number of nitrogen functional groups attached to an aromatic ring is 1. The monoisotopic (exact) mass is 250 g/mol. The van der Waals surface area contributed by atoms with Gasteiger partial charge in [0.25, 0.3) is 0 Å². The molecular formula is C10H10N4O2S. The smallest absolute Gasteiger partial charge is 0.311 e. The number of rotatable bonds is 4. The largest absolute Gasteiger partial charge is 0.378 e. The van der Waals surface area contributed by atoms with Crippen LogP contribution in [0.1, 0.15) is 4.88 Å². The number of anilines is 2. The molecule has 0 bridgehead atoms. The van der Waals surface area contributed by atoms with Gasteiger partial charge in [-0.2, -0.15) is 0 Å². The molecule has 0 amide bonds. The maximum Gasteiger partial charge on any atom is 0.311 e. The Balaban J connectivity index is 2.07. The summed E-state index contributed by atoms with van der Waals surface area (Å²) in [5, 5.41) is 15.6. The molecule has 2 aromatic rings. The molecule has 17 heavy (non-hydrogen) atoms. The topological polar surface area (TPSA) is 94.1 Å². The van der Waals surface area contributed by atoms with E-state index in [2.05, 4.69) is 10.3 Å². The van der Waals surface area contributed by atoms with Crippen LogP contribution in [0.4, 0.5) is 17.3 Å². The number of nitrogens with one attached hydrogen (secondary N) is 1. The summed E-state index contributed by atoms with van der Waals surface area (Å²) >= 11 is 1.62. The quantitative estimate of drug-likeness (QED) is 0.641. The number of hydrogen-bond donors (Lipinski definition) is 2. The Hall–Kier alpha value is -2.15. The molecule has 0 aromatic carbocycles. The van der Waals surface area contributed by atoms with Crippen molar-refractivity contribution in [3.8, 4) is 0 Å². The van der Waals surface area contributed by atoms with E-state index in [0.29, 0.717) is 12.4 Å². The molecular weight excluding hydrogens is 240 g/mol. The summed E-state index contributed by atoms with van der Waals surface area (Å²) in [6, 6.07) is 6.84. The molecule has 0 saturated carbocycles. The van der Waals surface area contributed by atoms with Crippen LogP contribution in [-0.2, 0) is 6.54 Å². The first-order chi connectivity index (χ1) is 8.16. The molecule has 2 heterocycles. The Bertz CT molecular complexity index is 527. The van der Waals surface area contributed by atoms with Gasteiger partial charge in [0.1, 0.15) is 5.82 Å². The molecule has 0 aliphatic carbocycles. The van der Waals surface area contributed by atoms with Crippen LogP contribution in [-0.4, -0.2) is 9.91 Å². The Morgan fingerprint density at radius 3 is 2.88 bits per heavy atom. The first-order valence-corrected chi connectivity index (χ1v) is 5.72. The highest BCUT2D eigenvalue weighted by Gasteiger charge is 2.12. The van der Waals surface area contributed by atoms with E-state index in [0.717, 1.165) is 4.88 Å². The van der Waals surface area contributed by atoms with Gasteiger partial charge in [-0.05, 0) is 17.5 Å². The summed E-state index contributed by atoms with van der Waals surface area (Å²) in [5.74, 6) is 0.452. The first-order valence-electron chi connectivity index (χ1n) is 4.84. The third-order valence-electron chi connectivity index (χ3n) is 2.12. The van der Waals surface area contributed by atoms with E-state index in [9.17, 15) is 10.1 Å². The molecule has 2 aromatic heterocycles. The lowest BCUT2D eigenvalue weighted by molar-refractivity contribution is -0.384. The minimum atomic E-state index is -0.550. The minimum absolute atomic E-state index is 0.0776. The van der Waals surface area contributed by atoms with Crippen LogP contribution in [0.2, 0.25) is 0 Å². The van der Waals surface area contributed by atoms with Crippen LogP contribution in [0.25, 0.3) is 0 Å². The van der Waals surface area contributed by atoms with Crippen molar-refractivity contribution in [1.82, 2.24) is 4.98 Å². The highest BCUT2D eigenvalue weighted by molar-refractivity contribution is 7.09. The van der Waals surface area contributed by atoms with Crippen LogP contribution in [0, 0.1) is 10.1 Å². The van der Waals surface area contributed by atoms with E-state index < -0.39 is 4.92 Å². The van der Waals surface area contributed by atoms with Crippen molar-refractivity contribution in [1.29, 1.82) is 0 Å². The molecule has 3 N–H and O–H groups in total. The van der Waals surface area contributed by atoms with Gasteiger partial charge >= 0.3 is 5.69 Å². The summed E-state index contributed by atoms with van der Waals surface area (Å²) in [6.45, 7) is 0.627. The van der Waals surface area contributed by atoms with Crippen LogP contribution in [0.5, 0.6) is 0 Å². The molecule has 0 fully saturated rings. The fourth-order valence-corrected chi connectivity index (χ4v) is 1.96. The van der Waals surface area contributed by atoms with Gasteiger partial charge in [0.05, 0.1) is 11.5 Å². The molecule has 0 spiro atoms. The van der Waals surface area contributed by atoms with Crippen molar-refractivity contribution < 1.29 is 4.92 Å². The number of aromatic nitrogens is 1. The third kappa shape index (κ3) is 2.70. The van der Waals surface area contributed by atoms with Gasteiger partial charge in [-0.25, -0.2) is 4.98 Å². The highest BCUT2D eigenvalue weighted by atomic mass is 32.1. The minimum Gasteiger partial charge on any atom is -0.378 e. The van der Waals surface area contributed by atoms with Gasteiger partial charge in [0.2, 0.25) is 5.82 Å². The fraction of sp³-hybridized carbons (Fsp3) is 0.100. The van der Waals surface area contributed by atoms with Gasteiger partial charge in [-0.15, -0.1) is 11.3 Å². The third-order valence-corrected chi connectivity index (χ3v) is 3.00. The maximum absolute atomic E-state index is 10.5. The molecule has 0 aliphatic rings. The summed E-state index contributed by atoms with van der Waals surface area (Å²) in [6.07, 6.45) is 0. The number of hydrogen-bond acceptors (Lipinski definition) is 6. The van der Waals surface area contributed by atoms with E-state index in [-0.39, 0.29) is 11.5 Å². The van der Waals surface area contributed by atoms with Crippen molar-refractivity contribution >= 4 is 28.7 Å². The number of nitrogens with zero attached hydrogens (tertiary/aromatic N) is 2. The predicted octanol–water partition coefficient (Wildman–Crippen LogP) is 2.25. The van der Waals surface area contributed by atoms with Crippen molar-refractivity contribution in [2.45, 2.75) is 6.54 Å². The molecule has 7 heteroatoms. The second kappa shape index (κ2) is 4.79. The van der Waals surface area contributed by atoms with E-state index in [1.54, 1.807) is 17.4 Å². The Kier molecular flexibility index (Phi) is 3.20. The van der Waals surface area contributed by atoms with Crippen molar-refractivity contribution in [2.24, 2.45) is 0 Å². The molecule has 0 saturated heterocycles. The Labute approximate surface area is 101 Å². The number of nitro groups is 1. The zero-order chi connectivity index (χ0) is 12.3.